The third-order valence-corrected chi connectivity index (χ3v) is 2.61. The van der Waals surface area contributed by atoms with Gasteiger partial charge < -0.3 is 10.5 Å². The van der Waals surface area contributed by atoms with Gasteiger partial charge in [-0.15, -0.1) is 0 Å². The van der Waals surface area contributed by atoms with Crippen LogP contribution in [0.5, 0.6) is 0 Å². The highest BCUT2D eigenvalue weighted by Gasteiger charge is 2.18. The molecule has 0 saturated carbocycles. The molecule has 0 fully saturated rings. The van der Waals surface area contributed by atoms with Crippen LogP contribution in [0.25, 0.3) is 0 Å². The van der Waals surface area contributed by atoms with Crippen LogP contribution >= 0.6 is 0 Å². The van der Waals surface area contributed by atoms with E-state index in [-0.39, 0.29) is 5.78 Å². The summed E-state index contributed by atoms with van der Waals surface area (Å²) in [5.74, 6) is 0.324. The van der Waals surface area contributed by atoms with Crippen LogP contribution in [0.2, 0.25) is 0 Å². The van der Waals surface area contributed by atoms with Crippen LogP contribution in [0, 0.1) is 6.92 Å². The fraction of sp³-hybridized carbons (Fsp3) is 0.308. The Morgan fingerprint density at radius 3 is 2.94 bits per heavy atom. The summed E-state index contributed by atoms with van der Waals surface area (Å²) in [6.07, 6.45) is 3.71. The van der Waals surface area contributed by atoms with E-state index < -0.39 is 0 Å². The zero-order valence-corrected chi connectivity index (χ0v) is 9.32. The number of carbonyl (C=O) groups excluding carboxylic acids is 1. The predicted octanol–water partition coefficient (Wildman–Crippen LogP) is 2.45. The first-order valence-electron chi connectivity index (χ1n) is 5.42. The molecule has 0 aliphatic carbocycles. The normalized spacial score (nSPS) is 15.2. The number of hydrogen-bond donors (Lipinski definition) is 1. The average Bonchev–Trinajstić information content (AvgIpc) is 2.32. The van der Waals surface area contributed by atoms with Crippen LogP contribution < -0.4 is 5.73 Å². The van der Waals surface area contributed by atoms with Crippen molar-refractivity contribution in [3.05, 3.63) is 41.2 Å². The number of carbonyl (C=O) groups is 1. The van der Waals surface area contributed by atoms with Crippen molar-refractivity contribution in [1.29, 1.82) is 0 Å². The number of aryl methyl sites for hydroxylation is 1. The summed E-state index contributed by atoms with van der Waals surface area (Å²) in [4.78, 5) is 12.1. The van der Waals surface area contributed by atoms with Crippen LogP contribution in [-0.2, 0) is 4.74 Å². The van der Waals surface area contributed by atoms with Crippen LogP contribution in [0.1, 0.15) is 28.8 Å². The lowest BCUT2D eigenvalue weighted by atomic mass is 10.0. The molecule has 0 unspecified atom stereocenters. The molecule has 2 rings (SSSR count). The summed E-state index contributed by atoms with van der Waals surface area (Å²) in [5, 5.41) is 0. The van der Waals surface area contributed by atoms with Gasteiger partial charge in [0.15, 0.2) is 5.76 Å². The molecule has 0 saturated heterocycles. The number of hydrogen-bond acceptors (Lipinski definition) is 3. The number of allylic oxidation sites excluding steroid dienone is 2. The molecule has 3 heteroatoms. The molecule has 3 nitrogen and oxygen atoms in total. The summed E-state index contributed by atoms with van der Waals surface area (Å²) >= 11 is 0. The van der Waals surface area contributed by atoms with E-state index in [1.54, 1.807) is 12.1 Å². The first-order valence-corrected chi connectivity index (χ1v) is 5.42. The van der Waals surface area contributed by atoms with Gasteiger partial charge >= 0.3 is 0 Å². The number of nitrogen functional groups attached to an aromatic ring is 1. The van der Waals surface area contributed by atoms with Crippen LogP contribution in [-0.4, -0.2) is 12.4 Å². The fourth-order valence-corrected chi connectivity index (χ4v) is 1.72. The highest BCUT2D eigenvalue weighted by Crippen LogP contribution is 2.21. The van der Waals surface area contributed by atoms with Gasteiger partial charge in [-0.05, 0) is 38.0 Å². The number of Topliss-reactive ketones (excluding diaryl/α,β-unsaturated/α-hetero) is 1. The van der Waals surface area contributed by atoms with Gasteiger partial charge in [-0.2, -0.15) is 0 Å². The lowest BCUT2D eigenvalue weighted by Gasteiger charge is -2.14. The monoisotopic (exact) mass is 217 g/mol. The smallest absolute Gasteiger partial charge is 0.229 e. The number of benzene rings is 1. The van der Waals surface area contributed by atoms with E-state index in [9.17, 15) is 4.79 Å². The molecule has 1 aliphatic rings. The van der Waals surface area contributed by atoms with Gasteiger partial charge in [0.2, 0.25) is 5.78 Å². The maximum Gasteiger partial charge on any atom is 0.229 e. The Morgan fingerprint density at radius 1 is 1.44 bits per heavy atom. The van der Waals surface area contributed by atoms with Crippen molar-refractivity contribution >= 4 is 11.5 Å². The van der Waals surface area contributed by atoms with Crippen molar-refractivity contribution in [2.75, 3.05) is 12.3 Å². The molecule has 0 spiro atoms. The molecular weight excluding hydrogens is 202 g/mol. The van der Waals surface area contributed by atoms with E-state index in [1.165, 1.54) is 0 Å². The van der Waals surface area contributed by atoms with Crippen molar-refractivity contribution < 1.29 is 9.53 Å². The van der Waals surface area contributed by atoms with Gasteiger partial charge in [-0.25, -0.2) is 0 Å². The van der Waals surface area contributed by atoms with Gasteiger partial charge in [-0.1, -0.05) is 11.6 Å². The van der Waals surface area contributed by atoms with E-state index in [0.29, 0.717) is 23.6 Å². The highest BCUT2D eigenvalue weighted by atomic mass is 16.5. The Morgan fingerprint density at radius 2 is 2.25 bits per heavy atom. The van der Waals surface area contributed by atoms with Crippen molar-refractivity contribution in [3.8, 4) is 0 Å². The van der Waals surface area contributed by atoms with Crippen molar-refractivity contribution in [3.63, 3.8) is 0 Å². The molecule has 1 aromatic rings. The molecule has 0 bridgehead atoms. The number of anilines is 1. The predicted molar refractivity (Wildman–Crippen MR) is 63.2 cm³/mol. The molecule has 0 atom stereocenters. The second-order valence-electron chi connectivity index (χ2n) is 3.98. The Hall–Kier alpha value is -1.77. The molecule has 1 aromatic carbocycles. The van der Waals surface area contributed by atoms with Crippen molar-refractivity contribution in [1.82, 2.24) is 0 Å². The molecule has 1 heterocycles. The quantitative estimate of drug-likeness (QED) is 0.611. The summed E-state index contributed by atoms with van der Waals surface area (Å²) in [6.45, 7) is 2.55. The van der Waals surface area contributed by atoms with Gasteiger partial charge in [0.1, 0.15) is 0 Å². The van der Waals surface area contributed by atoms with Crippen molar-refractivity contribution in [2.24, 2.45) is 0 Å². The van der Waals surface area contributed by atoms with E-state index in [4.69, 9.17) is 10.5 Å². The molecule has 0 aromatic heterocycles. The van der Waals surface area contributed by atoms with E-state index in [2.05, 4.69) is 0 Å². The molecule has 0 amide bonds. The first kappa shape index (κ1) is 10.7. The zero-order chi connectivity index (χ0) is 11.5. The minimum absolute atomic E-state index is 0.110. The lowest BCUT2D eigenvalue weighted by molar-refractivity contribution is 0.0900. The fourth-order valence-electron chi connectivity index (χ4n) is 1.72. The molecule has 84 valence electrons. The van der Waals surface area contributed by atoms with Crippen molar-refractivity contribution in [2.45, 2.75) is 19.8 Å². The Bertz CT molecular complexity index is 449. The van der Waals surface area contributed by atoms with Gasteiger partial charge in [0.05, 0.1) is 6.61 Å². The van der Waals surface area contributed by atoms with Crippen LogP contribution in [0.4, 0.5) is 5.69 Å². The Labute approximate surface area is 94.9 Å². The van der Waals surface area contributed by atoms with Gasteiger partial charge in [0.25, 0.3) is 0 Å². The molecule has 1 aliphatic heterocycles. The van der Waals surface area contributed by atoms with Gasteiger partial charge in [0, 0.05) is 11.3 Å². The van der Waals surface area contributed by atoms with E-state index in [1.807, 2.05) is 19.1 Å². The number of nitrogens with two attached hydrogens (primary N) is 1. The van der Waals surface area contributed by atoms with Crippen LogP contribution in [0.15, 0.2) is 30.0 Å². The standard InChI is InChI=1S/C13H15NO2/c1-9-5-6-11(14)10(8-9)13(15)12-4-2-3-7-16-12/h4-6,8H,2-3,7,14H2,1H3. The third kappa shape index (κ3) is 2.08. The SMILES string of the molecule is Cc1ccc(N)c(C(=O)C2=CCCCO2)c1. The lowest BCUT2D eigenvalue weighted by Crippen LogP contribution is -2.13. The summed E-state index contributed by atoms with van der Waals surface area (Å²) in [5.41, 5.74) is 7.86. The largest absolute Gasteiger partial charge is 0.490 e. The second kappa shape index (κ2) is 4.39. The summed E-state index contributed by atoms with van der Waals surface area (Å²) in [6, 6.07) is 5.45. The Kier molecular flexibility index (Phi) is 2.95. The molecule has 16 heavy (non-hydrogen) atoms. The molecule has 2 N–H and O–H groups in total. The number of rotatable bonds is 2. The number of ether oxygens (including phenoxy) is 1. The highest BCUT2D eigenvalue weighted by molar-refractivity contribution is 6.10. The summed E-state index contributed by atoms with van der Waals surface area (Å²) < 4.78 is 5.35. The third-order valence-electron chi connectivity index (χ3n) is 2.61. The van der Waals surface area contributed by atoms with E-state index >= 15 is 0 Å². The topological polar surface area (TPSA) is 52.3 Å². The second-order valence-corrected chi connectivity index (χ2v) is 3.98. The maximum absolute atomic E-state index is 12.1. The van der Waals surface area contributed by atoms with Crippen LogP contribution in [0.3, 0.4) is 0 Å². The minimum Gasteiger partial charge on any atom is -0.490 e. The minimum atomic E-state index is -0.110. The number of ketones is 1. The average molecular weight is 217 g/mol. The first-order chi connectivity index (χ1) is 7.68. The Balaban J connectivity index is 2.33. The molecule has 0 radical (unpaired) electrons. The van der Waals surface area contributed by atoms with E-state index in [0.717, 1.165) is 18.4 Å². The zero-order valence-electron chi connectivity index (χ0n) is 9.32. The summed E-state index contributed by atoms with van der Waals surface area (Å²) in [7, 11) is 0. The van der Waals surface area contributed by atoms with Gasteiger partial charge in [-0.3, -0.25) is 4.79 Å². The molecular formula is C13H15NO2. The maximum atomic E-state index is 12.1.